The Bertz CT molecular complexity index is 958. The molecule has 0 saturated carbocycles. The van der Waals surface area contributed by atoms with Gasteiger partial charge >= 0.3 is 0 Å². The molecule has 6 heteroatoms. The van der Waals surface area contributed by atoms with Gasteiger partial charge < -0.3 is 15.4 Å². The summed E-state index contributed by atoms with van der Waals surface area (Å²) in [6.45, 7) is 2.34. The Morgan fingerprint density at radius 2 is 1.96 bits per heavy atom. The zero-order chi connectivity index (χ0) is 19.9. The highest BCUT2D eigenvalue weighted by Crippen LogP contribution is 2.27. The highest BCUT2D eigenvalue weighted by Gasteiger charge is 2.08. The van der Waals surface area contributed by atoms with Crippen LogP contribution in [0.1, 0.15) is 21.5 Å². The lowest BCUT2D eigenvalue weighted by molar-refractivity contribution is 0.0953. The fraction of sp³-hybridized carbons (Fsp3) is 0.182. The molecule has 0 aliphatic heterocycles. The molecule has 1 aromatic heterocycles. The van der Waals surface area contributed by atoms with Gasteiger partial charge in [-0.3, -0.25) is 4.79 Å². The quantitative estimate of drug-likeness (QED) is 0.644. The van der Waals surface area contributed by atoms with Gasteiger partial charge in [-0.1, -0.05) is 24.3 Å². The molecule has 3 aromatic rings. The molecular weight excluding hydrogens is 357 g/mol. The number of hydrogen-bond acceptors (Lipinski definition) is 4. The van der Waals surface area contributed by atoms with E-state index >= 15 is 0 Å². The van der Waals surface area contributed by atoms with Gasteiger partial charge in [-0.15, -0.1) is 0 Å². The van der Waals surface area contributed by atoms with Crippen LogP contribution < -0.4 is 15.4 Å². The zero-order valence-electron chi connectivity index (χ0n) is 15.8. The summed E-state index contributed by atoms with van der Waals surface area (Å²) in [6.07, 6.45) is 1.93. The third kappa shape index (κ3) is 4.85. The van der Waals surface area contributed by atoms with Gasteiger partial charge in [-0.05, 0) is 54.8 Å². The second kappa shape index (κ2) is 8.99. The molecule has 0 aliphatic rings. The average Bonchev–Trinajstić information content (AvgIpc) is 2.70. The van der Waals surface area contributed by atoms with Crippen molar-refractivity contribution in [1.29, 1.82) is 0 Å². The number of hydrogen-bond donors (Lipinski definition) is 2. The van der Waals surface area contributed by atoms with Crippen molar-refractivity contribution in [2.24, 2.45) is 0 Å². The summed E-state index contributed by atoms with van der Waals surface area (Å²) in [5.41, 5.74) is 2.91. The average molecular weight is 379 g/mol. The van der Waals surface area contributed by atoms with E-state index in [1.54, 1.807) is 37.4 Å². The molecule has 0 unspecified atom stereocenters. The Hall–Kier alpha value is -3.41. The monoisotopic (exact) mass is 379 g/mol. The number of anilines is 2. The Morgan fingerprint density at radius 1 is 1.14 bits per heavy atom. The van der Waals surface area contributed by atoms with Crippen LogP contribution in [0.5, 0.6) is 5.75 Å². The molecule has 0 atom stereocenters. The van der Waals surface area contributed by atoms with Gasteiger partial charge in [0.05, 0.1) is 18.4 Å². The number of methoxy groups -OCH3 is 1. The lowest BCUT2D eigenvalue weighted by Gasteiger charge is -2.12. The smallest absolute Gasteiger partial charge is 0.252 e. The number of amides is 1. The molecule has 0 aliphatic carbocycles. The van der Waals surface area contributed by atoms with Crippen molar-refractivity contribution in [3.8, 4) is 5.75 Å². The van der Waals surface area contributed by atoms with E-state index in [0.717, 1.165) is 11.3 Å². The highest BCUT2D eigenvalue weighted by atomic mass is 19.1. The number of carbonyl (C=O) groups excluding carboxylic acids is 1. The van der Waals surface area contributed by atoms with E-state index in [1.165, 1.54) is 12.3 Å². The van der Waals surface area contributed by atoms with Crippen molar-refractivity contribution >= 4 is 17.4 Å². The van der Waals surface area contributed by atoms with Crippen molar-refractivity contribution in [3.63, 3.8) is 0 Å². The molecule has 3 rings (SSSR count). The predicted molar refractivity (Wildman–Crippen MR) is 108 cm³/mol. The summed E-state index contributed by atoms with van der Waals surface area (Å²) in [7, 11) is 1.61. The largest absolute Gasteiger partial charge is 0.495 e. The number of carbonyl (C=O) groups is 1. The zero-order valence-corrected chi connectivity index (χ0v) is 15.8. The van der Waals surface area contributed by atoms with Gasteiger partial charge in [-0.25, -0.2) is 9.37 Å². The first-order chi connectivity index (χ1) is 13.6. The van der Waals surface area contributed by atoms with Crippen molar-refractivity contribution in [3.05, 3.63) is 83.3 Å². The molecule has 0 spiro atoms. The minimum atomic E-state index is -0.264. The van der Waals surface area contributed by atoms with E-state index in [9.17, 15) is 9.18 Å². The maximum atomic E-state index is 13.6. The van der Waals surface area contributed by atoms with Crippen LogP contribution in [0.2, 0.25) is 0 Å². The first-order valence-electron chi connectivity index (χ1n) is 8.96. The summed E-state index contributed by atoms with van der Waals surface area (Å²) in [6, 6.07) is 15.8. The van der Waals surface area contributed by atoms with Crippen LogP contribution in [-0.4, -0.2) is 24.5 Å². The Morgan fingerprint density at radius 3 is 2.68 bits per heavy atom. The van der Waals surface area contributed by atoms with Gasteiger partial charge in [-0.2, -0.15) is 0 Å². The number of aromatic nitrogens is 1. The van der Waals surface area contributed by atoms with E-state index in [4.69, 9.17) is 4.74 Å². The molecule has 144 valence electrons. The highest BCUT2D eigenvalue weighted by molar-refractivity contribution is 5.94. The summed E-state index contributed by atoms with van der Waals surface area (Å²) in [5.74, 6) is 0.804. The molecule has 2 N–H and O–H groups in total. The molecule has 0 radical (unpaired) electrons. The predicted octanol–water partition coefficient (Wildman–Crippen LogP) is 4.25. The molecule has 1 heterocycles. The third-order valence-electron chi connectivity index (χ3n) is 4.28. The second-order valence-corrected chi connectivity index (χ2v) is 6.36. The lowest BCUT2D eigenvalue weighted by Crippen LogP contribution is -2.26. The molecular formula is C22H22FN3O2. The van der Waals surface area contributed by atoms with Crippen molar-refractivity contribution < 1.29 is 13.9 Å². The van der Waals surface area contributed by atoms with Crippen LogP contribution >= 0.6 is 0 Å². The maximum Gasteiger partial charge on any atom is 0.252 e. The van der Waals surface area contributed by atoms with Gasteiger partial charge in [0.15, 0.2) is 0 Å². The fourth-order valence-corrected chi connectivity index (χ4v) is 2.77. The van der Waals surface area contributed by atoms with E-state index in [-0.39, 0.29) is 11.7 Å². The second-order valence-electron chi connectivity index (χ2n) is 6.36. The number of nitrogens with zero attached hydrogens (tertiary/aromatic N) is 1. The molecule has 5 nitrogen and oxygen atoms in total. The first-order valence-corrected chi connectivity index (χ1v) is 8.96. The van der Waals surface area contributed by atoms with Gasteiger partial charge in [0.2, 0.25) is 0 Å². The van der Waals surface area contributed by atoms with Crippen molar-refractivity contribution in [2.45, 2.75) is 13.3 Å². The summed E-state index contributed by atoms with van der Waals surface area (Å²) < 4.78 is 18.9. The van der Waals surface area contributed by atoms with Crippen LogP contribution in [0, 0.1) is 12.7 Å². The Kier molecular flexibility index (Phi) is 6.22. The molecule has 1 amide bonds. The standard InChI is InChI=1S/C22H22FN3O2/c1-15-7-9-20(28-2)19(13-15)26-21-10-8-17(14-25-21)22(27)24-12-11-16-5-3-4-6-18(16)23/h3-10,13-14H,11-12H2,1-2H3,(H,24,27)(H,25,26). The topological polar surface area (TPSA) is 63.2 Å². The normalized spacial score (nSPS) is 10.4. The maximum absolute atomic E-state index is 13.6. The summed E-state index contributed by atoms with van der Waals surface area (Å²) >= 11 is 0. The van der Waals surface area contributed by atoms with E-state index < -0.39 is 0 Å². The van der Waals surface area contributed by atoms with Gasteiger partial charge in [0.25, 0.3) is 5.91 Å². The van der Waals surface area contributed by atoms with E-state index in [0.29, 0.717) is 35.7 Å². The van der Waals surface area contributed by atoms with Crippen LogP contribution in [-0.2, 0) is 6.42 Å². The van der Waals surface area contributed by atoms with Crippen molar-refractivity contribution in [1.82, 2.24) is 10.3 Å². The minimum absolute atomic E-state index is 0.247. The van der Waals surface area contributed by atoms with Crippen molar-refractivity contribution in [2.75, 3.05) is 19.0 Å². The molecule has 0 saturated heterocycles. The first kappa shape index (κ1) is 19.4. The van der Waals surface area contributed by atoms with Crippen LogP contribution in [0.25, 0.3) is 0 Å². The Labute approximate surface area is 163 Å². The van der Waals surface area contributed by atoms with E-state index in [2.05, 4.69) is 15.6 Å². The third-order valence-corrected chi connectivity index (χ3v) is 4.28. The number of nitrogens with one attached hydrogen (secondary N) is 2. The summed E-state index contributed by atoms with van der Waals surface area (Å²) in [4.78, 5) is 16.5. The molecule has 0 fully saturated rings. The van der Waals surface area contributed by atoms with Gasteiger partial charge in [0, 0.05) is 12.7 Å². The van der Waals surface area contributed by atoms with Gasteiger partial charge in [0.1, 0.15) is 17.4 Å². The molecule has 2 aromatic carbocycles. The molecule has 0 bridgehead atoms. The number of benzene rings is 2. The van der Waals surface area contributed by atoms with E-state index in [1.807, 2.05) is 25.1 Å². The number of halogens is 1. The molecule has 28 heavy (non-hydrogen) atoms. The number of aryl methyl sites for hydroxylation is 1. The van der Waals surface area contributed by atoms with Crippen LogP contribution in [0.15, 0.2) is 60.8 Å². The van der Waals surface area contributed by atoms with Crippen LogP contribution in [0.3, 0.4) is 0 Å². The number of pyridine rings is 1. The lowest BCUT2D eigenvalue weighted by atomic mass is 10.1. The fourth-order valence-electron chi connectivity index (χ4n) is 2.77. The minimum Gasteiger partial charge on any atom is -0.495 e. The van der Waals surface area contributed by atoms with Crippen LogP contribution in [0.4, 0.5) is 15.9 Å². The SMILES string of the molecule is COc1ccc(C)cc1Nc1ccc(C(=O)NCCc2ccccc2F)cn1. The Balaban J connectivity index is 1.58. The number of rotatable bonds is 7. The number of ether oxygens (including phenoxy) is 1. The summed E-state index contributed by atoms with van der Waals surface area (Å²) in [5, 5.41) is 5.98.